The third kappa shape index (κ3) is 2.74. The van der Waals surface area contributed by atoms with Crippen molar-refractivity contribution in [1.29, 1.82) is 0 Å². The maximum Gasteiger partial charge on any atom is 0.408 e. The predicted molar refractivity (Wildman–Crippen MR) is 65.7 cm³/mol. The molecule has 1 atom stereocenters. The summed E-state index contributed by atoms with van der Waals surface area (Å²) in [6, 6.07) is 1.65. The van der Waals surface area contributed by atoms with Gasteiger partial charge >= 0.3 is 6.09 Å². The molecule has 1 rings (SSSR count). The number of amides is 1. The molecule has 5 heteroatoms. The first-order valence-electron chi connectivity index (χ1n) is 5.12. The number of hydrogen-bond donors (Lipinski definition) is 2. The largest absolute Gasteiger partial charge is 0.465 e. The molecule has 90 valence electrons. The van der Waals surface area contributed by atoms with Crippen LogP contribution in [0, 0.1) is 0 Å². The summed E-state index contributed by atoms with van der Waals surface area (Å²) in [6.45, 7) is 5.91. The van der Waals surface area contributed by atoms with Crippen molar-refractivity contribution in [3.8, 4) is 0 Å². The second-order valence-electron chi connectivity index (χ2n) is 4.63. The van der Waals surface area contributed by atoms with Crippen LogP contribution in [0.3, 0.4) is 0 Å². The Labute approximate surface area is 99.7 Å². The molecule has 4 nitrogen and oxygen atoms in total. The summed E-state index contributed by atoms with van der Waals surface area (Å²) in [4.78, 5) is 12.7. The van der Waals surface area contributed by atoms with Gasteiger partial charge in [0.2, 0.25) is 0 Å². The summed E-state index contributed by atoms with van der Waals surface area (Å²) < 4.78 is 0. The topological polar surface area (TPSA) is 66.6 Å². The van der Waals surface area contributed by atoms with Gasteiger partial charge < -0.3 is 10.8 Å². The molecule has 0 unspecified atom stereocenters. The zero-order valence-electron chi connectivity index (χ0n) is 9.80. The highest BCUT2D eigenvalue weighted by molar-refractivity contribution is 7.07. The van der Waals surface area contributed by atoms with Crippen molar-refractivity contribution in [2.24, 2.45) is 5.73 Å². The van der Waals surface area contributed by atoms with Gasteiger partial charge in [0.1, 0.15) is 0 Å². The lowest BCUT2D eigenvalue weighted by atomic mass is 10.0. The molecule has 0 aliphatic rings. The van der Waals surface area contributed by atoms with Gasteiger partial charge in [0.15, 0.2) is 0 Å². The minimum atomic E-state index is -0.936. The molecule has 0 spiro atoms. The first kappa shape index (κ1) is 13.0. The standard InChI is InChI=1S/C11H18N2O2S/c1-11(2,3)13(10(14)15)9(6-12)8-4-5-16-7-8/h4-5,7,9H,6,12H2,1-3H3,(H,14,15)/t9-/m1/s1. The molecule has 1 aromatic heterocycles. The summed E-state index contributed by atoms with van der Waals surface area (Å²) in [5, 5.41) is 13.2. The number of nitrogens with zero attached hydrogens (tertiary/aromatic N) is 1. The maximum absolute atomic E-state index is 11.3. The number of nitrogens with two attached hydrogens (primary N) is 1. The molecular weight excluding hydrogens is 224 g/mol. The van der Waals surface area contributed by atoms with Crippen molar-refractivity contribution in [1.82, 2.24) is 4.90 Å². The summed E-state index contributed by atoms with van der Waals surface area (Å²) in [5.41, 5.74) is 6.20. The van der Waals surface area contributed by atoms with Crippen LogP contribution in [-0.2, 0) is 0 Å². The van der Waals surface area contributed by atoms with E-state index in [1.54, 1.807) is 11.3 Å². The van der Waals surface area contributed by atoms with Crippen LogP contribution in [0.2, 0.25) is 0 Å². The highest BCUT2D eigenvalue weighted by Crippen LogP contribution is 2.28. The lowest BCUT2D eigenvalue weighted by Gasteiger charge is -2.39. The molecular formula is C11H18N2O2S. The van der Waals surface area contributed by atoms with Crippen molar-refractivity contribution < 1.29 is 9.90 Å². The van der Waals surface area contributed by atoms with Crippen molar-refractivity contribution in [3.05, 3.63) is 22.4 Å². The van der Waals surface area contributed by atoms with E-state index in [0.29, 0.717) is 6.54 Å². The Morgan fingerprint density at radius 2 is 2.25 bits per heavy atom. The average Bonchev–Trinajstić information content (AvgIpc) is 2.63. The van der Waals surface area contributed by atoms with Crippen LogP contribution in [0.1, 0.15) is 32.4 Å². The Hall–Kier alpha value is -1.07. The number of hydrogen-bond acceptors (Lipinski definition) is 3. The van der Waals surface area contributed by atoms with Crippen LogP contribution in [0.25, 0.3) is 0 Å². The molecule has 0 radical (unpaired) electrons. The van der Waals surface area contributed by atoms with Gasteiger partial charge in [-0.05, 0) is 43.2 Å². The van der Waals surface area contributed by atoms with E-state index in [1.165, 1.54) is 4.90 Å². The minimum absolute atomic E-state index is 0.274. The fraction of sp³-hybridized carbons (Fsp3) is 0.545. The van der Waals surface area contributed by atoms with Crippen molar-refractivity contribution >= 4 is 17.4 Å². The van der Waals surface area contributed by atoms with Gasteiger partial charge in [-0.15, -0.1) is 0 Å². The Morgan fingerprint density at radius 1 is 1.62 bits per heavy atom. The van der Waals surface area contributed by atoms with Gasteiger partial charge in [-0.3, -0.25) is 4.90 Å². The number of carbonyl (C=O) groups is 1. The Bertz CT molecular complexity index is 343. The van der Waals surface area contributed by atoms with E-state index in [4.69, 9.17) is 5.73 Å². The average molecular weight is 242 g/mol. The van der Waals surface area contributed by atoms with Crippen LogP contribution in [0.15, 0.2) is 16.8 Å². The number of rotatable bonds is 3. The molecule has 0 saturated carbocycles. The monoisotopic (exact) mass is 242 g/mol. The normalized spacial score (nSPS) is 13.5. The van der Waals surface area contributed by atoms with Gasteiger partial charge in [-0.25, -0.2) is 4.79 Å². The summed E-state index contributed by atoms with van der Waals surface area (Å²) >= 11 is 1.55. The molecule has 0 bridgehead atoms. The number of thiophene rings is 1. The SMILES string of the molecule is CC(C)(C)N(C(=O)O)[C@H](CN)c1ccsc1. The summed E-state index contributed by atoms with van der Waals surface area (Å²) in [6.07, 6.45) is -0.936. The van der Waals surface area contributed by atoms with Gasteiger partial charge in [-0.1, -0.05) is 0 Å². The van der Waals surface area contributed by atoms with Crippen molar-refractivity contribution in [2.75, 3.05) is 6.54 Å². The minimum Gasteiger partial charge on any atom is -0.465 e. The van der Waals surface area contributed by atoms with Crippen molar-refractivity contribution in [3.63, 3.8) is 0 Å². The quantitative estimate of drug-likeness (QED) is 0.856. The van der Waals surface area contributed by atoms with Gasteiger partial charge in [0.25, 0.3) is 0 Å². The zero-order valence-corrected chi connectivity index (χ0v) is 10.6. The molecule has 0 aliphatic heterocycles. The second-order valence-corrected chi connectivity index (χ2v) is 5.41. The molecule has 0 saturated heterocycles. The molecule has 1 heterocycles. The predicted octanol–water partition coefficient (Wildman–Crippen LogP) is 2.53. The van der Waals surface area contributed by atoms with E-state index in [1.807, 2.05) is 37.6 Å². The fourth-order valence-electron chi connectivity index (χ4n) is 1.74. The Morgan fingerprint density at radius 3 is 2.56 bits per heavy atom. The Balaban J connectivity index is 3.05. The van der Waals surface area contributed by atoms with Crippen LogP contribution >= 0.6 is 11.3 Å². The molecule has 0 fully saturated rings. The van der Waals surface area contributed by atoms with E-state index >= 15 is 0 Å². The van der Waals surface area contributed by atoms with Gasteiger partial charge in [-0.2, -0.15) is 11.3 Å². The van der Waals surface area contributed by atoms with Crippen LogP contribution in [0.5, 0.6) is 0 Å². The summed E-state index contributed by atoms with van der Waals surface area (Å²) in [5.74, 6) is 0. The molecule has 1 aromatic rings. The molecule has 0 aliphatic carbocycles. The maximum atomic E-state index is 11.3. The van der Waals surface area contributed by atoms with E-state index in [2.05, 4.69) is 0 Å². The van der Waals surface area contributed by atoms with Crippen molar-refractivity contribution in [2.45, 2.75) is 32.4 Å². The van der Waals surface area contributed by atoms with Crippen LogP contribution in [0.4, 0.5) is 4.79 Å². The Kier molecular flexibility index (Phi) is 3.93. The molecule has 3 N–H and O–H groups in total. The lowest BCUT2D eigenvalue weighted by Crippen LogP contribution is -2.49. The zero-order chi connectivity index (χ0) is 12.3. The first-order valence-corrected chi connectivity index (χ1v) is 6.06. The van der Waals surface area contributed by atoms with E-state index in [-0.39, 0.29) is 6.04 Å². The molecule has 1 amide bonds. The third-order valence-corrected chi connectivity index (χ3v) is 3.09. The lowest BCUT2D eigenvalue weighted by molar-refractivity contribution is 0.0722. The van der Waals surface area contributed by atoms with Crippen LogP contribution < -0.4 is 5.73 Å². The first-order chi connectivity index (χ1) is 7.38. The third-order valence-electron chi connectivity index (χ3n) is 2.39. The smallest absolute Gasteiger partial charge is 0.408 e. The molecule has 16 heavy (non-hydrogen) atoms. The van der Waals surface area contributed by atoms with Gasteiger partial charge in [0.05, 0.1) is 6.04 Å². The highest BCUT2D eigenvalue weighted by atomic mass is 32.1. The van der Waals surface area contributed by atoms with E-state index in [9.17, 15) is 9.90 Å². The number of carboxylic acid groups (broad SMARTS) is 1. The van der Waals surface area contributed by atoms with Crippen LogP contribution in [-0.4, -0.2) is 28.2 Å². The summed E-state index contributed by atoms with van der Waals surface area (Å²) in [7, 11) is 0. The molecule has 0 aromatic carbocycles. The van der Waals surface area contributed by atoms with Gasteiger partial charge in [0, 0.05) is 12.1 Å². The second kappa shape index (κ2) is 4.84. The fourth-order valence-corrected chi connectivity index (χ4v) is 2.45. The van der Waals surface area contributed by atoms with E-state index < -0.39 is 11.6 Å². The van der Waals surface area contributed by atoms with E-state index in [0.717, 1.165) is 5.56 Å². The highest BCUT2D eigenvalue weighted by Gasteiger charge is 2.33.